The zero-order valence-corrected chi connectivity index (χ0v) is 19.0. The molecule has 0 unspecified atom stereocenters. The lowest BCUT2D eigenvalue weighted by Gasteiger charge is -2.29. The molecule has 0 saturated carbocycles. The second-order valence-electron chi connectivity index (χ2n) is 8.40. The Hall–Kier alpha value is -3.38. The van der Waals surface area contributed by atoms with Crippen LogP contribution in [0.3, 0.4) is 0 Å². The van der Waals surface area contributed by atoms with Crippen molar-refractivity contribution in [2.75, 3.05) is 33.3 Å². The summed E-state index contributed by atoms with van der Waals surface area (Å²) in [7, 11) is 1.67. The van der Waals surface area contributed by atoms with Crippen molar-refractivity contribution in [2.24, 2.45) is 0 Å². The highest BCUT2D eigenvalue weighted by atomic mass is 16.5. The van der Waals surface area contributed by atoms with Gasteiger partial charge >= 0.3 is 0 Å². The predicted octanol–water partition coefficient (Wildman–Crippen LogP) is 3.46. The lowest BCUT2D eigenvalue weighted by atomic mass is 10.0. The summed E-state index contributed by atoms with van der Waals surface area (Å²) in [4.78, 5) is 27.4. The largest absolute Gasteiger partial charge is 0.496 e. The summed E-state index contributed by atoms with van der Waals surface area (Å²) in [6.07, 6.45) is 2.56. The number of nitrogens with zero attached hydrogens (tertiary/aromatic N) is 1. The van der Waals surface area contributed by atoms with Crippen LogP contribution in [0.25, 0.3) is 10.8 Å². The van der Waals surface area contributed by atoms with Crippen LogP contribution in [0.15, 0.2) is 66.7 Å². The molecule has 172 valence electrons. The average Bonchev–Trinajstić information content (AvgIpc) is 3.38. The molecule has 1 fully saturated rings. The molecule has 3 aromatic carbocycles. The summed E-state index contributed by atoms with van der Waals surface area (Å²) >= 11 is 0. The van der Waals surface area contributed by atoms with Gasteiger partial charge in [0.15, 0.2) is 0 Å². The molecule has 1 aliphatic heterocycles. The van der Waals surface area contributed by atoms with E-state index in [-0.39, 0.29) is 30.8 Å². The number of nitrogens with one attached hydrogen (secondary N) is 2. The van der Waals surface area contributed by atoms with Crippen molar-refractivity contribution in [3.63, 3.8) is 0 Å². The van der Waals surface area contributed by atoms with Crippen molar-refractivity contribution < 1.29 is 14.3 Å². The average molecular weight is 446 g/mol. The van der Waals surface area contributed by atoms with Crippen LogP contribution in [0.2, 0.25) is 0 Å². The van der Waals surface area contributed by atoms with E-state index in [0.717, 1.165) is 53.6 Å². The van der Waals surface area contributed by atoms with E-state index in [9.17, 15) is 9.59 Å². The topological polar surface area (TPSA) is 70.7 Å². The van der Waals surface area contributed by atoms with Gasteiger partial charge in [0.25, 0.3) is 0 Å². The van der Waals surface area contributed by atoms with Gasteiger partial charge in [0.1, 0.15) is 5.75 Å². The van der Waals surface area contributed by atoms with E-state index in [2.05, 4.69) is 21.6 Å². The van der Waals surface area contributed by atoms with Crippen molar-refractivity contribution in [2.45, 2.75) is 25.3 Å². The van der Waals surface area contributed by atoms with Gasteiger partial charge < -0.3 is 15.4 Å². The Morgan fingerprint density at radius 3 is 2.45 bits per heavy atom. The van der Waals surface area contributed by atoms with Crippen LogP contribution in [0.4, 0.5) is 0 Å². The van der Waals surface area contributed by atoms with Gasteiger partial charge in [0.2, 0.25) is 11.8 Å². The molecule has 4 rings (SSSR count). The fourth-order valence-corrected chi connectivity index (χ4v) is 4.56. The second kappa shape index (κ2) is 11.0. The van der Waals surface area contributed by atoms with Crippen LogP contribution in [-0.2, 0) is 16.0 Å². The quantitative estimate of drug-likeness (QED) is 0.529. The Bertz CT molecular complexity index is 1100. The smallest absolute Gasteiger partial charge is 0.239 e. The number of likely N-dealkylation sites (tertiary alicyclic amines) is 1. The molecule has 0 bridgehead atoms. The number of hydrogen-bond donors (Lipinski definition) is 2. The lowest BCUT2D eigenvalue weighted by Crippen LogP contribution is -2.42. The summed E-state index contributed by atoms with van der Waals surface area (Å²) < 4.78 is 5.56. The maximum Gasteiger partial charge on any atom is 0.239 e. The highest BCUT2D eigenvalue weighted by molar-refractivity contribution is 5.91. The van der Waals surface area contributed by atoms with Gasteiger partial charge in [-0.2, -0.15) is 0 Å². The summed E-state index contributed by atoms with van der Waals surface area (Å²) in [6.45, 7) is 2.43. The Labute approximate surface area is 194 Å². The van der Waals surface area contributed by atoms with Gasteiger partial charge in [-0.05, 0) is 48.3 Å². The molecule has 0 aliphatic carbocycles. The van der Waals surface area contributed by atoms with Crippen molar-refractivity contribution >= 4 is 22.6 Å². The van der Waals surface area contributed by atoms with Gasteiger partial charge in [-0.3, -0.25) is 14.5 Å². The molecule has 33 heavy (non-hydrogen) atoms. The summed E-state index contributed by atoms with van der Waals surface area (Å²) in [6, 6.07) is 21.9. The first-order chi connectivity index (χ1) is 16.2. The van der Waals surface area contributed by atoms with Crippen molar-refractivity contribution in [3.05, 3.63) is 77.9 Å². The lowest BCUT2D eigenvalue weighted by molar-refractivity contribution is -0.125. The predicted molar refractivity (Wildman–Crippen MR) is 130 cm³/mol. The molecule has 1 atom stereocenters. The van der Waals surface area contributed by atoms with E-state index in [1.807, 2.05) is 60.7 Å². The van der Waals surface area contributed by atoms with Crippen LogP contribution in [0.5, 0.6) is 5.75 Å². The first-order valence-corrected chi connectivity index (χ1v) is 11.5. The molecule has 6 nitrogen and oxygen atoms in total. The van der Waals surface area contributed by atoms with Gasteiger partial charge in [0.05, 0.1) is 26.1 Å². The minimum Gasteiger partial charge on any atom is -0.496 e. The number of para-hydroxylation sites is 1. The summed E-state index contributed by atoms with van der Waals surface area (Å²) in [5.74, 6) is 0.467. The van der Waals surface area contributed by atoms with Crippen LogP contribution in [-0.4, -0.2) is 50.0 Å². The van der Waals surface area contributed by atoms with Gasteiger partial charge in [-0.1, -0.05) is 60.7 Å². The number of hydrogen-bond acceptors (Lipinski definition) is 4. The minimum absolute atomic E-state index is 0.0394. The first-order valence-electron chi connectivity index (χ1n) is 11.5. The zero-order chi connectivity index (χ0) is 23.0. The van der Waals surface area contributed by atoms with E-state index in [0.29, 0.717) is 6.54 Å². The van der Waals surface area contributed by atoms with Crippen LogP contribution < -0.4 is 15.4 Å². The van der Waals surface area contributed by atoms with E-state index in [4.69, 9.17) is 4.74 Å². The number of carbonyl (C=O) groups is 2. The third kappa shape index (κ3) is 5.71. The van der Waals surface area contributed by atoms with Crippen molar-refractivity contribution in [1.29, 1.82) is 0 Å². The van der Waals surface area contributed by atoms with Gasteiger partial charge in [0, 0.05) is 12.1 Å². The van der Waals surface area contributed by atoms with Crippen molar-refractivity contribution in [3.8, 4) is 5.75 Å². The molecule has 0 aromatic heterocycles. The SMILES string of the molecule is COc1ccccc1[C@H](CNC(=O)CNC(=O)Cc1cccc2ccccc12)N1CCCC1. The van der Waals surface area contributed by atoms with Crippen LogP contribution in [0.1, 0.15) is 30.0 Å². The molecule has 0 radical (unpaired) electrons. The zero-order valence-electron chi connectivity index (χ0n) is 19.0. The van der Waals surface area contributed by atoms with Crippen molar-refractivity contribution in [1.82, 2.24) is 15.5 Å². The molecule has 1 aliphatic rings. The van der Waals surface area contributed by atoms with E-state index in [1.165, 1.54) is 0 Å². The highest BCUT2D eigenvalue weighted by Crippen LogP contribution is 2.31. The number of fused-ring (bicyclic) bond motifs is 1. The van der Waals surface area contributed by atoms with Gasteiger partial charge in [-0.25, -0.2) is 0 Å². The monoisotopic (exact) mass is 445 g/mol. The standard InChI is InChI=1S/C27H31N3O3/c1-33-25-14-5-4-13-23(25)24(30-15-6-7-16-30)18-28-27(32)19-29-26(31)17-21-11-8-10-20-9-2-3-12-22(20)21/h2-5,8-14,24H,6-7,15-19H2,1H3,(H,28,32)(H,29,31)/t24-/m0/s1. The number of amides is 2. The van der Waals surface area contributed by atoms with Gasteiger partial charge in [-0.15, -0.1) is 0 Å². The third-order valence-corrected chi connectivity index (χ3v) is 6.25. The Morgan fingerprint density at radius 1 is 0.909 bits per heavy atom. The van der Waals surface area contributed by atoms with E-state index in [1.54, 1.807) is 7.11 Å². The molecule has 2 amide bonds. The number of benzene rings is 3. The second-order valence-corrected chi connectivity index (χ2v) is 8.40. The Kier molecular flexibility index (Phi) is 7.58. The Balaban J connectivity index is 1.33. The van der Waals surface area contributed by atoms with E-state index < -0.39 is 0 Å². The highest BCUT2D eigenvalue weighted by Gasteiger charge is 2.26. The fourth-order valence-electron chi connectivity index (χ4n) is 4.56. The molecular weight excluding hydrogens is 414 g/mol. The maximum absolute atomic E-state index is 12.5. The Morgan fingerprint density at radius 2 is 1.64 bits per heavy atom. The third-order valence-electron chi connectivity index (χ3n) is 6.25. The molecule has 3 aromatic rings. The summed E-state index contributed by atoms with van der Waals surface area (Å²) in [5.41, 5.74) is 2.03. The number of carbonyl (C=O) groups excluding carboxylic acids is 2. The van der Waals surface area contributed by atoms with Crippen LogP contribution >= 0.6 is 0 Å². The number of rotatable bonds is 9. The first kappa shape index (κ1) is 22.8. The fraction of sp³-hybridized carbons (Fsp3) is 0.333. The minimum atomic E-state index is -0.194. The van der Waals surface area contributed by atoms with Crippen LogP contribution in [0, 0.1) is 0 Å². The molecule has 0 spiro atoms. The molecule has 2 N–H and O–H groups in total. The number of methoxy groups -OCH3 is 1. The normalized spacial score (nSPS) is 14.7. The molecule has 6 heteroatoms. The molecular formula is C27H31N3O3. The summed E-state index contributed by atoms with van der Waals surface area (Å²) in [5, 5.41) is 7.93. The maximum atomic E-state index is 12.5. The number of ether oxygens (including phenoxy) is 1. The molecule has 1 saturated heterocycles. The van der Waals surface area contributed by atoms with E-state index >= 15 is 0 Å². The molecule has 1 heterocycles.